The molecule has 0 radical (unpaired) electrons. The number of rotatable bonds is 5. The molecule has 0 spiro atoms. The fraction of sp³-hybridized carbons (Fsp3) is 0.500. The minimum Gasteiger partial charge on any atom is -0.434 e. The lowest BCUT2D eigenvalue weighted by molar-refractivity contribution is -0.0503. The Kier molecular flexibility index (Phi) is 4.55. The number of para-hydroxylation sites is 1. The second kappa shape index (κ2) is 6.88. The second-order valence-electron chi connectivity index (χ2n) is 7.00. The summed E-state index contributed by atoms with van der Waals surface area (Å²) in [6, 6.07) is 5.57. The summed E-state index contributed by atoms with van der Waals surface area (Å²) in [6.45, 7) is -2.53. The maximum atomic E-state index is 13.0. The number of nitrogens with zero attached hydrogens (tertiary/aromatic N) is 3. The largest absolute Gasteiger partial charge is 0.434 e. The molecule has 1 saturated heterocycles. The van der Waals surface area contributed by atoms with Crippen LogP contribution in [0.25, 0.3) is 0 Å². The number of hydrogen-bond donors (Lipinski definition) is 1. The normalized spacial score (nSPS) is 21.3. The van der Waals surface area contributed by atoms with Gasteiger partial charge in [0.2, 0.25) is 5.89 Å². The monoisotopic (exact) mass is 378 g/mol. The number of hydrogen-bond acceptors (Lipinski definition) is 6. The number of carbonyl (C=O) groups is 1. The summed E-state index contributed by atoms with van der Waals surface area (Å²) in [4.78, 5) is 19.0. The van der Waals surface area contributed by atoms with Crippen LogP contribution in [-0.4, -0.2) is 34.1 Å². The van der Waals surface area contributed by atoms with E-state index < -0.39 is 24.1 Å². The maximum absolute atomic E-state index is 13.0. The summed E-state index contributed by atoms with van der Waals surface area (Å²) >= 11 is 0. The molecule has 2 aromatic rings. The zero-order chi connectivity index (χ0) is 19.0. The predicted molar refractivity (Wildman–Crippen MR) is 90.1 cm³/mol. The summed E-state index contributed by atoms with van der Waals surface area (Å²) in [5, 5.41) is 4.01. The van der Waals surface area contributed by atoms with E-state index in [2.05, 4.69) is 14.9 Å². The molecule has 2 heterocycles. The molecule has 1 aromatic heterocycles. The summed E-state index contributed by atoms with van der Waals surface area (Å²) in [5.74, 6) is 0.244. The smallest absolute Gasteiger partial charge is 0.387 e. The SMILES string of the molecule is NC1(c2noc(C3CCCN3C(=O)c3ccccc3OC(F)F)n2)CCC1. The van der Waals surface area contributed by atoms with Gasteiger partial charge in [0, 0.05) is 6.54 Å². The van der Waals surface area contributed by atoms with Crippen molar-refractivity contribution in [3.8, 4) is 5.75 Å². The molecule has 4 rings (SSSR count). The van der Waals surface area contributed by atoms with Crippen LogP contribution in [-0.2, 0) is 5.54 Å². The van der Waals surface area contributed by atoms with E-state index in [1.807, 2.05) is 0 Å². The lowest BCUT2D eigenvalue weighted by Gasteiger charge is -2.34. The lowest BCUT2D eigenvalue weighted by Crippen LogP contribution is -2.44. The molecule has 1 saturated carbocycles. The fourth-order valence-electron chi connectivity index (χ4n) is 3.62. The molecule has 1 aliphatic carbocycles. The van der Waals surface area contributed by atoms with Crippen LogP contribution in [0.15, 0.2) is 28.8 Å². The highest BCUT2D eigenvalue weighted by Crippen LogP contribution is 2.39. The van der Waals surface area contributed by atoms with Crippen molar-refractivity contribution in [3.05, 3.63) is 41.5 Å². The standard InChI is InChI=1S/C18H20F2N4O3/c19-17(20)26-13-7-2-1-5-11(13)15(25)24-10-3-6-12(24)14-22-16(23-27-14)18(21)8-4-9-18/h1-2,5,7,12,17H,3-4,6,8-10,21H2. The van der Waals surface area contributed by atoms with Gasteiger partial charge in [-0.25, -0.2) is 0 Å². The van der Waals surface area contributed by atoms with Gasteiger partial charge >= 0.3 is 6.61 Å². The molecule has 2 fully saturated rings. The number of ether oxygens (including phenoxy) is 1. The zero-order valence-electron chi connectivity index (χ0n) is 14.6. The number of alkyl halides is 2. The minimum absolute atomic E-state index is 0.0822. The Morgan fingerprint density at radius 2 is 2.11 bits per heavy atom. The molecular weight excluding hydrogens is 358 g/mol. The molecule has 7 nitrogen and oxygen atoms in total. The van der Waals surface area contributed by atoms with Crippen molar-refractivity contribution >= 4 is 5.91 Å². The first-order chi connectivity index (χ1) is 13.0. The van der Waals surface area contributed by atoms with Crippen molar-refractivity contribution in [2.75, 3.05) is 6.54 Å². The molecular formula is C18H20F2N4O3. The van der Waals surface area contributed by atoms with Gasteiger partial charge in [-0.1, -0.05) is 17.3 Å². The van der Waals surface area contributed by atoms with Gasteiger partial charge in [0.05, 0.1) is 11.1 Å². The van der Waals surface area contributed by atoms with E-state index in [-0.39, 0.29) is 11.3 Å². The topological polar surface area (TPSA) is 94.5 Å². The first-order valence-corrected chi connectivity index (χ1v) is 8.96. The van der Waals surface area contributed by atoms with Crippen molar-refractivity contribution in [1.29, 1.82) is 0 Å². The van der Waals surface area contributed by atoms with E-state index in [1.165, 1.54) is 12.1 Å². The lowest BCUT2D eigenvalue weighted by atomic mass is 9.77. The van der Waals surface area contributed by atoms with E-state index in [1.54, 1.807) is 17.0 Å². The summed E-state index contributed by atoms with van der Waals surface area (Å²) < 4.78 is 35.2. The van der Waals surface area contributed by atoms with Gasteiger partial charge in [-0.3, -0.25) is 4.79 Å². The molecule has 9 heteroatoms. The number of benzene rings is 1. The third-order valence-electron chi connectivity index (χ3n) is 5.27. The highest BCUT2D eigenvalue weighted by atomic mass is 19.3. The van der Waals surface area contributed by atoms with E-state index in [9.17, 15) is 13.6 Å². The molecule has 144 valence electrons. The van der Waals surface area contributed by atoms with Gasteiger partial charge in [0.25, 0.3) is 5.91 Å². The molecule has 1 aliphatic heterocycles. The van der Waals surface area contributed by atoms with Crippen LogP contribution < -0.4 is 10.5 Å². The predicted octanol–water partition coefficient (Wildman–Crippen LogP) is 2.99. The summed E-state index contributed by atoms with van der Waals surface area (Å²) in [5.41, 5.74) is 5.77. The van der Waals surface area contributed by atoms with Crippen LogP contribution in [0.5, 0.6) is 5.75 Å². The number of amides is 1. The van der Waals surface area contributed by atoms with Gasteiger partial charge in [-0.05, 0) is 44.2 Å². The first kappa shape index (κ1) is 17.8. The van der Waals surface area contributed by atoms with Crippen molar-refractivity contribution in [2.24, 2.45) is 5.73 Å². The Labute approximate surface area is 154 Å². The Balaban J connectivity index is 1.58. The van der Waals surface area contributed by atoms with Crippen LogP contribution in [0.3, 0.4) is 0 Å². The zero-order valence-corrected chi connectivity index (χ0v) is 14.6. The van der Waals surface area contributed by atoms with Gasteiger partial charge in [-0.2, -0.15) is 13.8 Å². The van der Waals surface area contributed by atoms with Crippen LogP contribution >= 0.6 is 0 Å². The number of carbonyl (C=O) groups excluding carboxylic acids is 1. The summed E-state index contributed by atoms with van der Waals surface area (Å²) in [7, 11) is 0. The van der Waals surface area contributed by atoms with Gasteiger partial charge in [0.15, 0.2) is 5.82 Å². The molecule has 2 aliphatic rings. The Bertz CT molecular complexity index is 838. The number of likely N-dealkylation sites (tertiary alicyclic amines) is 1. The van der Waals surface area contributed by atoms with Crippen molar-refractivity contribution in [1.82, 2.24) is 15.0 Å². The van der Waals surface area contributed by atoms with Crippen LogP contribution in [0.2, 0.25) is 0 Å². The average molecular weight is 378 g/mol. The van der Waals surface area contributed by atoms with Crippen LogP contribution in [0.1, 0.15) is 60.2 Å². The highest BCUT2D eigenvalue weighted by molar-refractivity contribution is 5.97. The highest BCUT2D eigenvalue weighted by Gasteiger charge is 2.41. The van der Waals surface area contributed by atoms with Gasteiger partial charge in [-0.15, -0.1) is 0 Å². The fourth-order valence-corrected chi connectivity index (χ4v) is 3.62. The van der Waals surface area contributed by atoms with Crippen molar-refractivity contribution in [3.63, 3.8) is 0 Å². The Hall–Kier alpha value is -2.55. The molecule has 27 heavy (non-hydrogen) atoms. The van der Waals surface area contributed by atoms with Crippen LogP contribution in [0.4, 0.5) is 8.78 Å². The third kappa shape index (κ3) is 3.27. The number of nitrogens with two attached hydrogens (primary N) is 1. The first-order valence-electron chi connectivity index (χ1n) is 8.96. The van der Waals surface area contributed by atoms with E-state index >= 15 is 0 Å². The summed E-state index contributed by atoms with van der Waals surface area (Å²) in [6.07, 6.45) is 4.03. The maximum Gasteiger partial charge on any atom is 0.387 e. The second-order valence-corrected chi connectivity index (χ2v) is 7.00. The molecule has 1 unspecified atom stereocenters. The van der Waals surface area contributed by atoms with Crippen molar-refractivity contribution < 1.29 is 22.8 Å². The Morgan fingerprint density at radius 1 is 1.33 bits per heavy atom. The molecule has 1 amide bonds. The van der Waals surface area contributed by atoms with Gasteiger partial charge in [0.1, 0.15) is 11.8 Å². The van der Waals surface area contributed by atoms with E-state index in [0.29, 0.717) is 24.7 Å². The molecule has 1 aromatic carbocycles. The average Bonchev–Trinajstić information content (AvgIpc) is 3.28. The van der Waals surface area contributed by atoms with Crippen molar-refractivity contribution in [2.45, 2.75) is 50.3 Å². The molecule has 2 N–H and O–H groups in total. The van der Waals surface area contributed by atoms with Crippen LogP contribution in [0, 0.1) is 0 Å². The Morgan fingerprint density at radius 3 is 2.81 bits per heavy atom. The minimum atomic E-state index is -3.00. The third-order valence-corrected chi connectivity index (χ3v) is 5.27. The van der Waals surface area contributed by atoms with Gasteiger partial charge < -0.3 is 19.9 Å². The number of halogens is 2. The molecule has 0 bridgehead atoms. The molecule has 1 atom stereocenters. The van der Waals surface area contributed by atoms with E-state index in [4.69, 9.17) is 10.3 Å². The van der Waals surface area contributed by atoms with E-state index in [0.717, 1.165) is 25.7 Å². The number of aromatic nitrogens is 2. The quantitative estimate of drug-likeness (QED) is 0.860.